The summed E-state index contributed by atoms with van der Waals surface area (Å²) in [7, 11) is 0. The van der Waals surface area contributed by atoms with E-state index in [9.17, 15) is 0 Å². The van der Waals surface area contributed by atoms with Crippen molar-refractivity contribution >= 4 is 0 Å². The molecule has 0 bridgehead atoms. The SMILES string of the molecule is c1cc(-c2ccc(-c3ccc(OCC4CO4)c(C4CCCCC4)c3)cc2)ccc1OCC1CO1. The molecule has 2 saturated heterocycles. The van der Waals surface area contributed by atoms with E-state index < -0.39 is 0 Å². The van der Waals surface area contributed by atoms with Gasteiger partial charge in [-0.1, -0.05) is 61.7 Å². The Morgan fingerprint density at radius 3 is 1.76 bits per heavy atom. The molecular weight excluding hydrogens is 424 g/mol. The van der Waals surface area contributed by atoms with Crippen LogP contribution in [-0.4, -0.2) is 38.6 Å². The van der Waals surface area contributed by atoms with Crippen molar-refractivity contribution in [2.45, 2.75) is 50.2 Å². The van der Waals surface area contributed by atoms with Gasteiger partial charge in [-0.2, -0.15) is 0 Å². The van der Waals surface area contributed by atoms with Gasteiger partial charge in [0, 0.05) is 0 Å². The molecule has 0 amide bonds. The fraction of sp³-hybridized carbons (Fsp3) is 0.400. The molecule has 3 aliphatic rings. The highest BCUT2D eigenvalue weighted by Crippen LogP contribution is 2.40. The van der Waals surface area contributed by atoms with E-state index in [-0.39, 0.29) is 12.2 Å². The van der Waals surface area contributed by atoms with E-state index in [0.29, 0.717) is 19.1 Å². The molecule has 6 rings (SSSR count). The Hall–Kier alpha value is -2.82. The molecular formula is C30H32O4. The van der Waals surface area contributed by atoms with Crippen LogP contribution in [0.3, 0.4) is 0 Å². The van der Waals surface area contributed by atoms with Crippen LogP contribution in [0.5, 0.6) is 11.5 Å². The Morgan fingerprint density at radius 2 is 1.15 bits per heavy atom. The molecule has 0 aromatic heterocycles. The number of hydrogen-bond donors (Lipinski definition) is 0. The lowest BCUT2D eigenvalue weighted by atomic mass is 9.82. The third-order valence-electron chi connectivity index (χ3n) is 7.13. The van der Waals surface area contributed by atoms with Crippen LogP contribution in [0, 0.1) is 0 Å². The van der Waals surface area contributed by atoms with E-state index in [1.54, 1.807) is 0 Å². The maximum atomic E-state index is 6.18. The van der Waals surface area contributed by atoms with Crippen molar-refractivity contribution in [1.82, 2.24) is 0 Å². The summed E-state index contributed by atoms with van der Waals surface area (Å²) >= 11 is 0. The number of hydrogen-bond acceptors (Lipinski definition) is 4. The lowest BCUT2D eigenvalue weighted by molar-refractivity contribution is 0.258. The van der Waals surface area contributed by atoms with Crippen molar-refractivity contribution in [1.29, 1.82) is 0 Å². The average Bonchev–Trinajstić information content (AvgIpc) is 3.83. The third kappa shape index (κ3) is 5.29. The summed E-state index contributed by atoms with van der Waals surface area (Å²) in [6.07, 6.45) is 7.04. The van der Waals surface area contributed by atoms with Crippen LogP contribution >= 0.6 is 0 Å². The first-order valence-electron chi connectivity index (χ1n) is 12.7. The Kier molecular flexibility index (Phi) is 6.26. The van der Waals surface area contributed by atoms with Gasteiger partial charge in [0.1, 0.15) is 36.9 Å². The fourth-order valence-corrected chi connectivity index (χ4v) is 4.89. The summed E-state index contributed by atoms with van der Waals surface area (Å²) in [5.74, 6) is 2.52. The summed E-state index contributed by atoms with van der Waals surface area (Å²) in [5.41, 5.74) is 6.26. The van der Waals surface area contributed by atoms with Crippen molar-refractivity contribution in [3.05, 3.63) is 72.3 Å². The molecule has 3 aromatic rings. The zero-order chi connectivity index (χ0) is 22.7. The fourth-order valence-electron chi connectivity index (χ4n) is 4.89. The van der Waals surface area contributed by atoms with Gasteiger partial charge in [-0.3, -0.25) is 0 Å². The summed E-state index contributed by atoms with van der Waals surface area (Å²) in [6.45, 7) is 2.94. The van der Waals surface area contributed by atoms with Crippen LogP contribution in [0.4, 0.5) is 0 Å². The second kappa shape index (κ2) is 9.81. The van der Waals surface area contributed by atoms with Crippen LogP contribution in [0.1, 0.15) is 43.6 Å². The zero-order valence-electron chi connectivity index (χ0n) is 19.6. The van der Waals surface area contributed by atoms with Crippen LogP contribution in [0.2, 0.25) is 0 Å². The van der Waals surface area contributed by atoms with E-state index in [1.165, 1.54) is 59.9 Å². The standard InChI is InChI=1S/C30H32O4/c1-2-4-24(5-3-1)29-16-25(12-15-30(29)34-20-28-19-33-28)23-8-6-21(7-9-23)22-10-13-26(14-11-22)31-17-27-18-32-27/h6-16,24,27-28H,1-5,17-20H2. The van der Waals surface area contributed by atoms with Gasteiger partial charge in [0.05, 0.1) is 13.2 Å². The number of benzene rings is 3. The molecule has 1 aliphatic carbocycles. The minimum absolute atomic E-state index is 0.277. The van der Waals surface area contributed by atoms with E-state index >= 15 is 0 Å². The highest BCUT2D eigenvalue weighted by atomic mass is 16.6. The smallest absolute Gasteiger partial charge is 0.122 e. The predicted molar refractivity (Wildman–Crippen MR) is 134 cm³/mol. The molecule has 3 fully saturated rings. The van der Waals surface area contributed by atoms with Gasteiger partial charge in [-0.15, -0.1) is 0 Å². The second-order valence-electron chi connectivity index (χ2n) is 9.72. The van der Waals surface area contributed by atoms with Gasteiger partial charge in [0.25, 0.3) is 0 Å². The average molecular weight is 457 g/mol. The normalized spacial score (nSPS) is 21.8. The molecule has 4 heteroatoms. The Morgan fingerprint density at radius 1 is 0.618 bits per heavy atom. The maximum Gasteiger partial charge on any atom is 0.122 e. The van der Waals surface area contributed by atoms with E-state index in [4.69, 9.17) is 18.9 Å². The summed E-state index contributed by atoms with van der Waals surface area (Å²) in [5, 5.41) is 0. The molecule has 0 N–H and O–H groups in total. The zero-order valence-corrected chi connectivity index (χ0v) is 19.6. The van der Waals surface area contributed by atoms with Gasteiger partial charge in [-0.05, 0) is 70.8 Å². The van der Waals surface area contributed by atoms with Gasteiger partial charge in [0.15, 0.2) is 0 Å². The number of rotatable bonds is 9. The minimum atomic E-state index is 0.277. The molecule has 2 aliphatic heterocycles. The van der Waals surface area contributed by atoms with Crippen LogP contribution in [-0.2, 0) is 9.47 Å². The first kappa shape index (κ1) is 21.7. The van der Waals surface area contributed by atoms with Crippen LogP contribution < -0.4 is 9.47 Å². The predicted octanol–water partition coefficient (Wildman–Crippen LogP) is 6.62. The van der Waals surface area contributed by atoms with E-state index in [2.05, 4.69) is 54.6 Å². The first-order valence-corrected chi connectivity index (χ1v) is 12.7. The van der Waals surface area contributed by atoms with Crippen molar-refractivity contribution < 1.29 is 18.9 Å². The highest BCUT2D eigenvalue weighted by Gasteiger charge is 2.25. The monoisotopic (exact) mass is 456 g/mol. The molecule has 34 heavy (non-hydrogen) atoms. The molecule has 176 valence electrons. The van der Waals surface area contributed by atoms with Crippen molar-refractivity contribution in [3.63, 3.8) is 0 Å². The number of epoxide rings is 2. The molecule has 2 unspecified atom stereocenters. The maximum absolute atomic E-state index is 6.18. The molecule has 4 nitrogen and oxygen atoms in total. The van der Waals surface area contributed by atoms with Gasteiger partial charge >= 0.3 is 0 Å². The Balaban J connectivity index is 1.19. The lowest BCUT2D eigenvalue weighted by Crippen LogP contribution is -2.10. The number of ether oxygens (including phenoxy) is 4. The van der Waals surface area contributed by atoms with Gasteiger partial charge < -0.3 is 18.9 Å². The van der Waals surface area contributed by atoms with E-state index in [0.717, 1.165) is 24.7 Å². The Bertz CT molecular complexity index is 1090. The second-order valence-corrected chi connectivity index (χ2v) is 9.72. The van der Waals surface area contributed by atoms with Crippen molar-refractivity contribution in [3.8, 4) is 33.8 Å². The largest absolute Gasteiger partial charge is 0.491 e. The van der Waals surface area contributed by atoms with Crippen LogP contribution in [0.25, 0.3) is 22.3 Å². The topological polar surface area (TPSA) is 43.5 Å². The quantitative estimate of drug-likeness (QED) is 0.339. The van der Waals surface area contributed by atoms with Crippen LogP contribution in [0.15, 0.2) is 66.7 Å². The van der Waals surface area contributed by atoms with Crippen molar-refractivity contribution in [2.24, 2.45) is 0 Å². The Labute approximate surface area is 201 Å². The van der Waals surface area contributed by atoms with Crippen molar-refractivity contribution in [2.75, 3.05) is 26.4 Å². The molecule has 2 heterocycles. The highest BCUT2D eigenvalue weighted by molar-refractivity contribution is 5.71. The molecule has 3 aromatic carbocycles. The summed E-state index contributed by atoms with van der Waals surface area (Å²) < 4.78 is 22.5. The molecule has 2 atom stereocenters. The van der Waals surface area contributed by atoms with Gasteiger partial charge in [-0.25, -0.2) is 0 Å². The molecule has 0 spiro atoms. The summed E-state index contributed by atoms with van der Waals surface area (Å²) in [6, 6.07) is 23.9. The lowest BCUT2D eigenvalue weighted by Gasteiger charge is -2.25. The third-order valence-corrected chi connectivity index (χ3v) is 7.13. The molecule has 0 radical (unpaired) electrons. The summed E-state index contributed by atoms with van der Waals surface area (Å²) in [4.78, 5) is 0. The first-order chi connectivity index (χ1) is 16.8. The minimum Gasteiger partial charge on any atom is -0.491 e. The van der Waals surface area contributed by atoms with Gasteiger partial charge in [0.2, 0.25) is 0 Å². The van der Waals surface area contributed by atoms with E-state index in [1.807, 2.05) is 12.1 Å². The molecule has 1 saturated carbocycles.